The lowest BCUT2D eigenvalue weighted by atomic mass is 10.0. The molecule has 1 amide bonds. The second-order valence-electron chi connectivity index (χ2n) is 9.32. The van der Waals surface area contributed by atoms with E-state index in [2.05, 4.69) is 16.0 Å². The molecule has 1 fully saturated rings. The second kappa shape index (κ2) is 8.80. The number of nitrogens with zero attached hydrogens (tertiary/aromatic N) is 5. The number of carbonyl (C=O) groups excluding carboxylic acids is 1. The molecule has 8 heteroatoms. The van der Waals surface area contributed by atoms with E-state index in [1.54, 1.807) is 23.2 Å². The minimum Gasteiger partial charge on any atom is -0.384 e. The van der Waals surface area contributed by atoms with E-state index in [4.69, 9.17) is 4.98 Å². The van der Waals surface area contributed by atoms with Crippen LogP contribution in [0.1, 0.15) is 25.8 Å². The Hall–Kier alpha value is -4.17. The topological polar surface area (TPSA) is 101 Å². The van der Waals surface area contributed by atoms with Crippen molar-refractivity contribution in [2.45, 2.75) is 31.9 Å². The highest BCUT2D eigenvalue weighted by atomic mass is 16.3. The zero-order valence-corrected chi connectivity index (χ0v) is 19.8. The summed E-state index contributed by atoms with van der Waals surface area (Å²) in [6.07, 6.45) is 3.81. The van der Waals surface area contributed by atoms with Gasteiger partial charge in [0.05, 0.1) is 22.2 Å². The van der Waals surface area contributed by atoms with Crippen LogP contribution in [0.25, 0.3) is 44.1 Å². The van der Waals surface area contributed by atoms with Crippen molar-refractivity contribution in [2.24, 2.45) is 0 Å². The molecule has 0 saturated carbocycles. The van der Waals surface area contributed by atoms with Gasteiger partial charge in [-0.05, 0) is 50.1 Å². The number of aromatic nitrogens is 4. The van der Waals surface area contributed by atoms with Crippen LogP contribution in [0, 0.1) is 0 Å². The number of hydrogen-bond acceptors (Lipinski definition) is 6. The van der Waals surface area contributed by atoms with Gasteiger partial charge in [-0.3, -0.25) is 19.6 Å². The van der Waals surface area contributed by atoms with Crippen molar-refractivity contribution in [3.05, 3.63) is 77.3 Å². The molecule has 5 heterocycles. The van der Waals surface area contributed by atoms with Crippen LogP contribution in [0.2, 0.25) is 0 Å². The van der Waals surface area contributed by atoms with Crippen molar-refractivity contribution >= 4 is 38.7 Å². The molecule has 1 aliphatic rings. The first-order chi connectivity index (χ1) is 17.5. The maximum absolute atomic E-state index is 13.2. The zero-order valence-electron chi connectivity index (χ0n) is 19.8. The minimum absolute atomic E-state index is 0.0855. The van der Waals surface area contributed by atoms with Gasteiger partial charge in [-0.25, -0.2) is 4.98 Å². The molecule has 0 radical (unpaired) electrons. The maximum Gasteiger partial charge on any atom is 0.251 e. The standard InChI is InChI=1S/C28H25N5O3/c1-17(34)28(36)32-12-10-21(11-13-32)33-25(35)9-6-19-15-30-24-8-7-23(31-26(24)27(19)33)20-14-18-4-2-3-5-22(18)29-16-20/h2-9,14-17,21,34H,10-13H2,1H3. The van der Waals surface area contributed by atoms with Crippen LogP contribution in [-0.4, -0.2) is 54.6 Å². The summed E-state index contributed by atoms with van der Waals surface area (Å²) in [7, 11) is 0. The molecule has 5 aromatic rings. The molecule has 1 N–H and O–H groups in total. The van der Waals surface area contributed by atoms with Crippen LogP contribution in [0.15, 0.2) is 71.8 Å². The van der Waals surface area contributed by atoms with Crippen molar-refractivity contribution in [3.63, 3.8) is 0 Å². The van der Waals surface area contributed by atoms with E-state index < -0.39 is 6.10 Å². The fraction of sp³-hybridized carbons (Fsp3) is 0.250. The molecule has 6 rings (SSSR count). The first kappa shape index (κ1) is 22.3. The molecule has 0 bridgehead atoms. The van der Waals surface area contributed by atoms with Crippen molar-refractivity contribution in [1.29, 1.82) is 0 Å². The smallest absolute Gasteiger partial charge is 0.251 e. The predicted molar refractivity (Wildman–Crippen MR) is 139 cm³/mol. The molecule has 1 aromatic carbocycles. The molecular formula is C28H25N5O3. The monoisotopic (exact) mass is 479 g/mol. The van der Waals surface area contributed by atoms with Gasteiger partial charge in [-0.2, -0.15) is 0 Å². The summed E-state index contributed by atoms with van der Waals surface area (Å²) in [6, 6.07) is 17.1. The van der Waals surface area contributed by atoms with E-state index in [-0.39, 0.29) is 17.5 Å². The number of pyridine rings is 4. The second-order valence-corrected chi connectivity index (χ2v) is 9.32. The Morgan fingerprint density at radius 2 is 1.75 bits per heavy atom. The average Bonchev–Trinajstić information content (AvgIpc) is 2.92. The molecule has 0 spiro atoms. The lowest BCUT2D eigenvalue weighted by Crippen LogP contribution is -2.44. The molecule has 4 aromatic heterocycles. The van der Waals surface area contributed by atoms with E-state index in [1.165, 1.54) is 6.92 Å². The average molecular weight is 480 g/mol. The first-order valence-corrected chi connectivity index (χ1v) is 12.1. The molecule has 1 saturated heterocycles. The number of benzene rings is 1. The van der Waals surface area contributed by atoms with E-state index in [0.29, 0.717) is 37.0 Å². The van der Waals surface area contributed by atoms with Crippen molar-refractivity contribution in [1.82, 2.24) is 24.4 Å². The summed E-state index contributed by atoms with van der Waals surface area (Å²) in [6.45, 7) is 2.46. The highest BCUT2D eigenvalue weighted by Crippen LogP contribution is 2.30. The number of hydrogen-bond donors (Lipinski definition) is 1. The third kappa shape index (κ3) is 3.79. The van der Waals surface area contributed by atoms with E-state index in [9.17, 15) is 14.7 Å². The Balaban J connectivity index is 1.47. The Bertz CT molecular complexity index is 1690. The third-order valence-electron chi connectivity index (χ3n) is 6.98. The largest absolute Gasteiger partial charge is 0.384 e. The summed E-state index contributed by atoms with van der Waals surface area (Å²) in [5, 5.41) is 11.5. The number of fused-ring (bicyclic) bond motifs is 4. The van der Waals surface area contributed by atoms with Gasteiger partial charge in [0.15, 0.2) is 0 Å². The highest BCUT2D eigenvalue weighted by molar-refractivity contribution is 6.01. The summed E-state index contributed by atoms with van der Waals surface area (Å²) in [4.78, 5) is 41.2. The number of amides is 1. The maximum atomic E-state index is 13.2. The van der Waals surface area contributed by atoms with Crippen LogP contribution in [0.3, 0.4) is 0 Å². The fourth-order valence-electron chi connectivity index (χ4n) is 5.14. The molecule has 1 aliphatic heterocycles. The number of aliphatic hydroxyl groups is 1. The summed E-state index contributed by atoms with van der Waals surface area (Å²) >= 11 is 0. The zero-order chi connectivity index (χ0) is 24.8. The number of aliphatic hydroxyl groups excluding tert-OH is 1. The van der Waals surface area contributed by atoms with Gasteiger partial charge in [-0.15, -0.1) is 0 Å². The number of rotatable bonds is 3. The van der Waals surface area contributed by atoms with Crippen LogP contribution in [0.5, 0.6) is 0 Å². The van der Waals surface area contributed by atoms with Gasteiger partial charge >= 0.3 is 0 Å². The van der Waals surface area contributed by atoms with Crippen LogP contribution in [0.4, 0.5) is 0 Å². The van der Waals surface area contributed by atoms with E-state index >= 15 is 0 Å². The molecule has 36 heavy (non-hydrogen) atoms. The predicted octanol–water partition coefficient (Wildman–Crippen LogP) is 3.70. The summed E-state index contributed by atoms with van der Waals surface area (Å²) < 4.78 is 1.82. The third-order valence-corrected chi connectivity index (χ3v) is 6.98. The molecule has 1 atom stereocenters. The van der Waals surface area contributed by atoms with E-state index in [1.807, 2.05) is 47.2 Å². The number of para-hydroxylation sites is 1. The van der Waals surface area contributed by atoms with Crippen molar-refractivity contribution in [3.8, 4) is 11.3 Å². The van der Waals surface area contributed by atoms with Gasteiger partial charge < -0.3 is 14.6 Å². The Morgan fingerprint density at radius 1 is 0.972 bits per heavy atom. The van der Waals surface area contributed by atoms with Gasteiger partial charge in [0.25, 0.3) is 11.5 Å². The van der Waals surface area contributed by atoms with Gasteiger partial charge in [0.2, 0.25) is 0 Å². The SMILES string of the molecule is CC(O)C(=O)N1CCC(n2c(=O)ccc3cnc4ccc(-c5cnc6ccccc6c5)nc4c32)CC1. The quantitative estimate of drug-likeness (QED) is 0.396. The summed E-state index contributed by atoms with van der Waals surface area (Å²) in [5.74, 6) is -0.274. The van der Waals surface area contributed by atoms with Gasteiger partial charge in [-0.1, -0.05) is 18.2 Å². The van der Waals surface area contributed by atoms with Gasteiger partial charge in [0.1, 0.15) is 11.6 Å². The lowest BCUT2D eigenvalue weighted by Gasteiger charge is -2.34. The van der Waals surface area contributed by atoms with Gasteiger partial charge in [0, 0.05) is 53.9 Å². The number of piperidine rings is 1. The fourth-order valence-corrected chi connectivity index (χ4v) is 5.14. The lowest BCUT2D eigenvalue weighted by molar-refractivity contribution is -0.140. The highest BCUT2D eigenvalue weighted by Gasteiger charge is 2.27. The van der Waals surface area contributed by atoms with Crippen LogP contribution < -0.4 is 5.56 Å². The normalized spacial score (nSPS) is 15.6. The Morgan fingerprint density at radius 3 is 2.56 bits per heavy atom. The van der Waals surface area contributed by atoms with Crippen molar-refractivity contribution < 1.29 is 9.90 Å². The first-order valence-electron chi connectivity index (χ1n) is 12.1. The molecule has 0 aliphatic carbocycles. The van der Waals surface area contributed by atoms with Crippen LogP contribution >= 0.6 is 0 Å². The molecular weight excluding hydrogens is 454 g/mol. The van der Waals surface area contributed by atoms with E-state index in [0.717, 1.165) is 33.1 Å². The molecule has 1 unspecified atom stereocenters. The van der Waals surface area contributed by atoms with Crippen molar-refractivity contribution in [2.75, 3.05) is 13.1 Å². The molecule has 180 valence electrons. The Kier molecular flexibility index (Phi) is 5.45. The number of likely N-dealkylation sites (tertiary alicyclic amines) is 1. The molecule has 8 nitrogen and oxygen atoms in total. The number of carbonyl (C=O) groups is 1. The Labute approximate surface area is 206 Å². The van der Waals surface area contributed by atoms with Crippen LogP contribution in [-0.2, 0) is 4.79 Å². The summed E-state index contributed by atoms with van der Waals surface area (Å²) in [5.41, 5.74) is 4.60. The minimum atomic E-state index is -1.02.